The van der Waals surface area contributed by atoms with Crippen molar-refractivity contribution in [2.45, 2.75) is 46.6 Å². The zero-order valence-electron chi connectivity index (χ0n) is 20.5. The van der Waals surface area contributed by atoms with Gasteiger partial charge in [0.05, 0.1) is 9.71 Å². The van der Waals surface area contributed by atoms with E-state index in [4.69, 9.17) is 5.10 Å². The summed E-state index contributed by atoms with van der Waals surface area (Å²) >= 11 is 1.47. The number of nitrogens with zero attached hydrogens (tertiary/aromatic N) is 4. The first-order valence-corrected chi connectivity index (χ1v) is 13.0. The summed E-state index contributed by atoms with van der Waals surface area (Å²) in [6, 6.07) is 16.7. The fourth-order valence-corrected chi connectivity index (χ4v) is 5.90. The van der Waals surface area contributed by atoms with Crippen molar-refractivity contribution < 1.29 is 4.79 Å². The number of amides is 1. The maximum absolute atomic E-state index is 13.2. The Kier molecular flexibility index (Phi) is 6.52. The number of hydrogen-bond acceptors (Lipinski definition) is 5. The number of carbonyl (C=O) groups excluding carboxylic acids is 1. The molecule has 0 bridgehead atoms. The molecule has 1 saturated heterocycles. The smallest absolute Gasteiger partial charge is 0.294 e. The van der Waals surface area contributed by atoms with E-state index in [0.717, 1.165) is 45.8 Å². The van der Waals surface area contributed by atoms with Crippen LogP contribution in [0, 0.1) is 26.7 Å². The van der Waals surface area contributed by atoms with Gasteiger partial charge in [0.25, 0.3) is 5.56 Å². The molecule has 0 N–H and O–H groups in total. The molecule has 7 heteroatoms. The van der Waals surface area contributed by atoms with Gasteiger partial charge in [-0.15, -0.1) is 11.3 Å². The van der Waals surface area contributed by atoms with Crippen LogP contribution in [0.2, 0.25) is 0 Å². The van der Waals surface area contributed by atoms with Crippen LogP contribution >= 0.6 is 11.3 Å². The van der Waals surface area contributed by atoms with Gasteiger partial charge in [-0.1, -0.05) is 54.1 Å². The second kappa shape index (κ2) is 9.74. The molecule has 0 spiro atoms. The number of fused-ring (bicyclic) bond motifs is 1. The van der Waals surface area contributed by atoms with E-state index in [1.165, 1.54) is 27.1 Å². The number of likely N-dealkylation sites (tertiary alicyclic amines) is 1. The van der Waals surface area contributed by atoms with Gasteiger partial charge in [-0.2, -0.15) is 5.10 Å². The van der Waals surface area contributed by atoms with E-state index in [0.29, 0.717) is 24.5 Å². The van der Waals surface area contributed by atoms with Gasteiger partial charge >= 0.3 is 0 Å². The third kappa shape index (κ3) is 4.91. The standard InChI is InChI=1S/C28H30N4O2S/c1-18-9-10-23(19(2)15-18)25-27-26(29-20(3)35-27)28(34)32(30-25)17-24(33)31-13-11-22(12-14-31)16-21-7-5-4-6-8-21/h4-10,15,22H,11-14,16-17H2,1-3H3. The van der Waals surface area contributed by atoms with E-state index in [1.807, 2.05) is 36.9 Å². The normalized spacial score (nSPS) is 14.5. The molecular formula is C28H30N4O2S. The van der Waals surface area contributed by atoms with Crippen molar-refractivity contribution in [3.05, 3.63) is 80.6 Å². The van der Waals surface area contributed by atoms with E-state index < -0.39 is 0 Å². The maximum atomic E-state index is 13.2. The molecule has 2 aromatic carbocycles. The van der Waals surface area contributed by atoms with Gasteiger partial charge in [0.15, 0.2) is 5.52 Å². The van der Waals surface area contributed by atoms with Crippen molar-refractivity contribution in [2.75, 3.05) is 13.1 Å². The van der Waals surface area contributed by atoms with Crippen LogP contribution in [0.5, 0.6) is 0 Å². The molecule has 3 heterocycles. The van der Waals surface area contributed by atoms with Crippen molar-refractivity contribution in [3.63, 3.8) is 0 Å². The van der Waals surface area contributed by atoms with Crippen LogP contribution in [0.4, 0.5) is 0 Å². The van der Waals surface area contributed by atoms with Crippen LogP contribution in [0.15, 0.2) is 53.3 Å². The van der Waals surface area contributed by atoms with Crippen LogP contribution < -0.4 is 5.56 Å². The maximum Gasteiger partial charge on any atom is 0.294 e. The Morgan fingerprint density at radius 1 is 1.06 bits per heavy atom. The van der Waals surface area contributed by atoms with Crippen LogP contribution in [-0.2, 0) is 17.8 Å². The summed E-state index contributed by atoms with van der Waals surface area (Å²) in [5, 5.41) is 5.52. The lowest BCUT2D eigenvalue weighted by atomic mass is 9.90. The number of rotatable bonds is 5. The quantitative estimate of drug-likeness (QED) is 0.401. The highest BCUT2D eigenvalue weighted by Crippen LogP contribution is 2.31. The molecule has 35 heavy (non-hydrogen) atoms. The highest BCUT2D eigenvalue weighted by molar-refractivity contribution is 7.19. The predicted molar refractivity (Wildman–Crippen MR) is 141 cm³/mol. The Hall–Kier alpha value is -3.32. The highest BCUT2D eigenvalue weighted by Gasteiger charge is 2.25. The lowest BCUT2D eigenvalue weighted by Crippen LogP contribution is -2.42. The molecule has 0 aliphatic carbocycles. The molecule has 1 amide bonds. The lowest BCUT2D eigenvalue weighted by molar-refractivity contribution is -0.133. The molecule has 1 aliphatic heterocycles. The van der Waals surface area contributed by atoms with Crippen LogP contribution in [-0.4, -0.2) is 38.7 Å². The van der Waals surface area contributed by atoms with Crippen LogP contribution in [0.3, 0.4) is 0 Å². The summed E-state index contributed by atoms with van der Waals surface area (Å²) in [5.41, 5.74) is 5.38. The lowest BCUT2D eigenvalue weighted by Gasteiger charge is -2.32. The number of benzene rings is 2. The topological polar surface area (TPSA) is 68.1 Å². The predicted octanol–water partition coefficient (Wildman–Crippen LogP) is 4.93. The third-order valence-corrected chi connectivity index (χ3v) is 7.84. The molecule has 0 radical (unpaired) electrons. The Morgan fingerprint density at radius 2 is 1.80 bits per heavy atom. The Bertz CT molecular complexity index is 1430. The fraction of sp³-hybridized carbons (Fsp3) is 0.357. The van der Waals surface area contributed by atoms with Gasteiger partial charge in [0.2, 0.25) is 5.91 Å². The molecule has 180 valence electrons. The first-order chi connectivity index (χ1) is 16.9. The molecule has 0 unspecified atom stereocenters. The third-order valence-electron chi connectivity index (χ3n) is 6.86. The molecule has 6 nitrogen and oxygen atoms in total. The van der Waals surface area contributed by atoms with Crippen molar-refractivity contribution in [3.8, 4) is 11.3 Å². The van der Waals surface area contributed by atoms with Crippen molar-refractivity contribution in [1.29, 1.82) is 0 Å². The van der Waals surface area contributed by atoms with Gasteiger partial charge in [0, 0.05) is 18.7 Å². The zero-order valence-corrected chi connectivity index (χ0v) is 21.3. The summed E-state index contributed by atoms with van der Waals surface area (Å²) in [5.74, 6) is 0.517. The number of carbonyl (C=O) groups is 1. The number of piperidine rings is 1. The number of thiazole rings is 1. The minimum absolute atomic E-state index is 0.0596. The molecular weight excluding hydrogens is 456 g/mol. The summed E-state index contributed by atoms with van der Waals surface area (Å²) in [6.07, 6.45) is 2.99. The summed E-state index contributed by atoms with van der Waals surface area (Å²) < 4.78 is 2.10. The second-order valence-electron chi connectivity index (χ2n) is 9.55. The van der Waals surface area contributed by atoms with Gasteiger partial charge in [-0.3, -0.25) is 9.59 Å². The van der Waals surface area contributed by atoms with Crippen molar-refractivity contribution >= 4 is 27.5 Å². The van der Waals surface area contributed by atoms with Gasteiger partial charge in [0.1, 0.15) is 12.2 Å². The minimum atomic E-state index is -0.301. The Balaban J connectivity index is 1.37. The van der Waals surface area contributed by atoms with Crippen molar-refractivity contribution in [1.82, 2.24) is 19.7 Å². The molecule has 0 saturated carbocycles. The number of aromatic nitrogens is 3. The van der Waals surface area contributed by atoms with E-state index in [-0.39, 0.29) is 18.0 Å². The SMILES string of the molecule is Cc1ccc(-c2nn(CC(=O)N3CCC(Cc4ccccc4)CC3)c(=O)c3nc(C)sc23)c(C)c1. The highest BCUT2D eigenvalue weighted by atomic mass is 32.1. The number of aryl methyl sites for hydroxylation is 3. The first kappa shape index (κ1) is 23.4. The Morgan fingerprint density at radius 3 is 2.51 bits per heavy atom. The van der Waals surface area contributed by atoms with E-state index in [2.05, 4.69) is 42.2 Å². The minimum Gasteiger partial charge on any atom is -0.341 e. The molecule has 0 atom stereocenters. The second-order valence-corrected chi connectivity index (χ2v) is 10.8. The largest absolute Gasteiger partial charge is 0.341 e. The van der Waals surface area contributed by atoms with Crippen LogP contribution in [0.1, 0.15) is 34.5 Å². The average molecular weight is 487 g/mol. The zero-order chi connectivity index (χ0) is 24.5. The van der Waals surface area contributed by atoms with Crippen LogP contribution in [0.25, 0.3) is 21.5 Å². The Labute approximate surface area is 209 Å². The molecule has 4 aromatic rings. The van der Waals surface area contributed by atoms with Gasteiger partial charge < -0.3 is 4.90 Å². The number of hydrogen-bond donors (Lipinski definition) is 0. The van der Waals surface area contributed by atoms with Crippen molar-refractivity contribution in [2.24, 2.45) is 5.92 Å². The molecule has 5 rings (SSSR count). The van der Waals surface area contributed by atoms with E-state index >= 15 is 0 Å². The summed E-state index contributed by atoms with van der Waals surface area (Å²) in [6.45, 7) is 7.36. The van der Waals surface area contributed by atoms with Gasteiger partial charge in [-0.25, -0.2) is 9.67 Å². The first-order valence-electron chi connectivity index (χ1n) is 12.2. The summed E-state index contributed by atoms with van der Waals surface area (Å²) in [4.78, 5) is 32.8. The summed E-state index contributed by atoms with van der Waals surface area (Å²) in [7, 11) is 0. The average Bonchev–Trinajstić information content (AvgIpc) is 3.24. The molecule has 1 fully saturated rings. The van der Waals surface area contributed by atoms with E-state index in [9.17, 15) is 9.59 Å². The van der Waals surface area contributed by atoms with E-state index in [1.54, 1.807) is 0 Å². The fourth-order valence-electron chi connectivity index (χ4n) is 4.99. The monoisotopic (exact) mass is 486 g/mol. The molecule has 1 aliphatic rings. The van der Waals surface area contributed by atoms with Gasteiger partial charge in [-0.05, 0) is 57.1 Å². The molecule has 2 aromatic heterocycles.